The van der Waals surface area contributed by atoms with E-state index >= 15 is 0 Å². The van der Waals surface area contributed by atoms with E-state index in [4.69, 9.17) is 4.74 Å². The molecule has 4 nitrogen and oxygen atoms in total. The number of ether oxygens (including phenoxy) is 1. The molecule has 0 aliphatic carbocycles. The molecule has 28 heavy (non-hydrogen) atoms. The standard InChI is InChI=1S/C24H28N2O2/c27-23(26-13-10-19(11-14-26)18-6-2-1-3-7-18)21-16-25-17-24(21)12-15-28-22-9-5-4-8-20(22)24/h1-9,19,21,25H,10-17H2/t21?,24-/m1/s1. The second-order valence-corrected chi connectivity index (χ2v) is 8.44. The van der Waals surface area contributed by atoms with E-state index in [1.807, 2.05) is 12.1 Å². The number of amides is 1. The minimum Gasteiger partial charge on any atom is -0.493 e. The lowest BCUT2D eigenvalue weighted by atomic mass is 9.68. The van der Waals surface area contributed by atoms with Crippen LogP contribution in [0.25, 0.3) is 0 Å². The zero-order valence-electron chi connectivity index (χ0n) is 16.3. The smallest absolute Gasteiger partial charge is 0.227 e. The van der Waals surface area contributed by atoms with Crippen molar-refractivity contribution in [1.29, 1.82) is 0 Å². The monoisotopic (exact) mass is 376 g/mol. The van der Waals surface area contributed by atoms with E-state index in [1.54, 1.807) is 0 Å². The molecule has 3 heterocycles. The first-order valence-corrected chi connectivity index (χ1v) is 10.5. The van der Waals surface area contributed by atoms with Crippen molar-refractivity contribution in [2.75, 3.05) is 32.8 Å². The number of hydrogen-bond donors (Lipinski definition) is 1. The highest BCUT2D eigenvalue weighted by molar-refractivity contribution is 5.82. The minimum atomic E-state index is -0.123. The summed E-state index contributed by atoms with van der Waals surface area (Å²) in [6, 6.07) is 19.0. The average Bonchev–Trinajstić information content (AvgIpc) is 3.18. The molecule has 3 aliphatic heterocycles. The Labute approximate surface area is 166 Å². The minimum absolute atomic E-state index is 0.00539. The highest BCUT2D eigenvalue weighted by Crippen LogP contribution is 2.46. The van der Waals surface area contributed by atoms with E-state index in [-0.39, 0.29) is 11.3 Å². The summed E-state index contributed by atoms with van der Waals surface area (Å²) < 4.78 is 5.89. The molecule has 0 saturated carbocycles. The van der Waals surface area contributed by atoms with E-state index < -0.39 is 0 Å². The van der Waals surface area contributed by atoms with E-state index in [2.05, 4.69) is 52.7 Å². The number of nitrogens with one attached hydrogen (secondary N) is 1. The van der Waals surface area contributed by atoms with Gasteiger partial charge in [-0.3, -0.25) is 4.79 Å². The molecule has 0 bridgehead atoms. The van der Waals surface area contributed by atoms with Gasteiger partial charge < -0.3 is 15.0 Å². The van der Waals surface area contributed by atoms with Gasteiger partial charge in [0.15, 0.2) is 0 Å². The fraction of sp³-hybridized carbons (Fsp3) is 0.458. The van der Waals surface area contributed by atoms with Gasteiger partial charge in [0.25, 0.3) is 0 Å². The van der Waals surface area contributed by atoms with Gasteiger partial charge in [0.05, 0.1) is 12.5 Å². The molecule has 0 radical (unpaired) electrons. The van der Waals surface area contributed by atoms with Crippen LogP contribution in [0.2, 0.25) is 0 Å². The van der Waals surface area contributed by atoms with Crippen molar-refractivity contribution >= 4 is 5.91 Å². The number of rotatable bonds is 2. The number of hydrogen-bond acceptors (Lipinski definition) is 3. The van der Waals surface area contributed by atoms with Gasteiger partial charge in [-0.2, -0.15) is 0 Å². The number of carbonyl (C=O) groups excluding carboxylic acids is 1. The fourth-order valence-corrected chi connectivity index (χ4v) is 5.49. The third-order valence-electron chi connectivity index (χ3n) is 7.06. The Bertz CT molecular complexity index is 845. The third-order valence-corrected chi connectivity index (χ3v) is 7.06. The molecule has 1 spiro atoms. The molecule has 0 aromatic heterocycles. The van der Waals surface area contributed by atoms with Crippen LogP contribution in [0.4, 0.5) is 0 Å². The molecule has 4 heteroatoms. The van der Waals surface area contributed by atoms with Crippen LogP contribution in [-0.2, 0) is 10.2 Å². The second kappa shape index (κ2) is 7.25. The zero-order chi connectivity index (χ0) is 19.0. The Balaban J connectivity index is 1.34. The maximum Gasteiger partial charge on any atom is 0.227 e. The summed E-state index contributed by atoms with van der Waals surface area (Å²) in [5, 5.41) is 3.53. The van der Waals surface area contributed by atoms with E-state index in [0.717, 1.165) is 51.2 Å². The van der Waals surface area contributed by atoms with Crippen molar-refractivity contribution in [3.05, 3.63) is 65.7 Å². The second-order valence-electron chi connectivity index (χ2n) is 8.44. The molecule has 1 unspecified atom stereocenters. The van der Waals surface area contributed by atoms with Crippen LogP contribution in [0.15, 0.2) is 54.6 Å². The average molecular weight is 377 g/mol. The van der Waals surface area contributed by atoms with Gasteiger partial charge in [-0.05, 0) is 36.8 Å². The summed E-state index contributed by atoms with van der Waals surface area (Å²) in [6.45, 7) is 4.06. The van der Waals surface area contributed by atoms with Crippen molar-refractivity contribution in [1.82, 2.24) is 10.2 Å². The lowest BCUT2D eigenvalue weighted by Gasteiger charge is -2.42. The highest BCUT2D eigenvalue weighted by atomic mass is 16.5. The number of carbonyl (C=O) groups is 1. The van der Waals surface area contributed by atoms with Crippen LogP contribution in [-0.4, -0.2) is 43.6 Å². The molecule has 5 rings (SSSR count). The molecule has 2 fully saturated rings. The Morgan fingerprint density at radius 1 is 1.04 bits per heavy atom. The molecular formula is C24H28N2O2. The number of fused-ring (bicyclic) bond motifs is 2. The third kappa shape index (κ3) is 2.91. The predicted octanol–water partition coefficient (Wildman–Crippen LogP) is 3.33. The van der Waals surface area contributed by atoms with Crippen LogP contribution in [0.3, 0.4) is 0 Å². The molecule has 2 aromatic carbocycles. The normalized spacial score (nSPS) is 27.4. The number of benzene rings is 2. The zero-order valence-corrected chi connectivity index (χ0v) is 16.3. The number of piperidine rings is 1. The lowest BCUT2D eigenvalue weighted by molar-refractivity contribution is -0.138. The Morgan fingerprint density at radius 2 is 1.79 bits per heavy atom. The number of likely N-dealkylation sites (tertiary alicyclic amines) is 1. The Kier molecular flexibility index (Phi) is 4.59. The molecular weight excluding hydrogens is 348 g/mol. The molecule has 146 valence electrons. The maximum atomic E-state index is 13.6. The summed E-state index contributed by atoms with van der Waals surface area (Å²) in [7, 11) is 0. The van der Waals surface area contributed by atoms with E-state index in [9.17, 15) is 4.79 Å². The van der Waals surface area contributed by atoms with Gasteiger partial charge in [0.2, 0.25) is 5.91 Å². The summed E-state index contributed by atoms with van der Waals surface area (Å²) in [5.41, 5.74) is 2.50. The van der Waals surface area contributed by atoms with Gasteiger partial charge in [-0.15, -0.1) is 0 Å². The van der Waals surface area contributed by atoms with E-state index in [0.29, 0.717) is 18.4 Å². The lowest BCUT2D eigenvalue weighted by Crippen LogP contribution is -2.50. The molecule has 2 aromatic rings. The predicted molar refractivity (Wildman–Crippen MR) is 110 cm³/mol. The van der Waals surface area contributed by atoms with Gasteiger partial charge >= 0.3 is 0 Å². The van der Waals surface area contributed by atoms with Gasteiger partial charge in [-0.1, -0.05) is 48.5 Å². The largest absolute Gasteiger partial charge is 0.493 e. The Morgan fingerprint density at radius 3 is 2.61 bits per heavy atom. The van der Waals surface area contributed by atoms with Crippen LogP contribution < -0.4 is 10.1 Å². The Hall–Kier alpha value is -2.33. The van der Waals surface area contributed by atoms with Gasteiger partial charge in [0, 0.05) is 37.2 Å². The summed E-state index contributed by atoms with van der Waals surface area (Å²) in [5.74, 6) is 1.86. The quantitative estimate of drug-likeness (QED) is 0.874. The van der Waals surface area contributed by atoms with Crippen molar-refractivity contribution < 1.29 is 9.53 Å². The fourth-order valence-electron chi connectivity index (χ4n) is 5.49. The van der Waals surface area contributed by atoms with Crippen LogP contribution >= 0.6 is 0 Å². The topological polar surface area (TPSA) is 41.6 Å². The van der Waals surface area contributed by atoms with E-state index in [1.165, 1.54) is 11.1 Å². The first-order chi connectivity index (χ1) is 13.8. The van der Waals surface area contributed by atoms with Crippen LogP contribution in [0, 0.1) is 5.92 Å². The molecule has 2 atom stereocenters. The summed E-state index contributed by atoms with van der Waals surface area (Å²) in [6.07, 6.45) is 3.03. The molecule has 2 saturated heterocycles. The first kappa shape index (κ1) is 17.7. The number of para-hydroxylation sites is 1. The SMILES string of the molecule is O=C(C1CNC[C@@]12CCOc1ccccc12)N1CCC(c2ccccc2)CC1. The summed E-state index contributed by atoms with van der Waals surface area (Å²) >= 11 is 0. The first-order valence-electron chi connectivity index (χ1n) is 10.5. The van der Waals surface area contributed by atoms with Gasteiger partial charge in [0.1, 0.15) is 5.75 Å². The highest BCUT2D eigenvalue weighted by Gasteiger charge is 2.51. The molecule has 1 N–H and O–H groups in total. The van der Waals surface area contributed by atoms with Crippen molar-refractivity contribution in [2.45, 2.75) is 30.6 Å². The summed E-state index contributed by atoms with van der Waals surface area (Å²) in [4.78, 5) is 15.7. The number of nitrogens with zero attached hydrogens (tertiary/aromatic N) is 1. The molecule has 3 aliphatic rings. The van der Waals surface area contributed by atoms with Crippen molar-refractivity contribution in [3.63, 3.8) is 0 Å². The van der Waals surface area contributed by atoms with Crippen LogP contribution in [0.5, 0.6) is 5.75 Å². The van der Waals surface area contributed by atoms with Crippen molar-refractivity contribution in [2.24, 2.45) is 5.92 Å². The van der Waals surface area contributed by atoms with Gasteiger partial charge in [-0.25, -0.2) is 0 Å². The molecule has 1 amide bonds. The maximum absolute atomic E-state index is 13.6. The van der Waals surface area contributed by atoms with Crippen molar-refractivity contribution in [3.8, 4) is 5.75 Å². The van der Waals surface area contributed by atoms with Crippen LogP contribution in [0.1, 0.15) is 36.3 Å².